The number of amides is 1. The first-order valence-corrected chi connectivity index (χ1v) is 10.4. The van der Waals surface area contributed by atoms with Gasteiger partial charge in [-0.05, 0) is 50.1 Å². The number of halogens is 1. The van der Waals surface area contributed by atoms with Gasteiger partial charge in [0.05, 0.1) is 10.7 Å². The van der Waals surface area contributed by atoms with E-state index in [-0.39, 0.29) is 11.5 Å². The van der Waals surface area contributed by atoms with Gasteiger partial charge in [-0.1, -0.05) is 30.7 Å². The summed E-state index contributed by atoms with van der Waals surface area (Å²) in [6.45, 7) is 9.69. The highest BCUT2D eigenvalue weighted by Crippen LogP contribution is 2.26. The molecule has 1 aromatic heterocycles. The van der Waals surface area contributed by atoms with Crippen LogP contribution in [0.4, 0.5) is 5.69 Å². The second-order valence-corrected chi connectivity index (χ2v) is 7.79. The maximum Gasteiger partial charge on any atom is 0.264 e. The van der Waals surface area contributed by atoms with E-state index < -0.39 is 0 Å². The zero-order chi connectivity index (χ0) is 21.0. The van der Waals surface area contributed by atoms with Gasteiger partial charge in [0, 0.05) is 44.1 Å². The summed E-state index contributed by atoms with van der Waals surface area (Å²) in [6.07, 6.45) is 2.77. The molecule has 1 saturated heterocycles. The summed E-state index contributed by atoms with van der Waals surface area (Å²) >= 11 is 6.30. The van der Waals surface area contributed by atoms with Crippen LogP contribution in [-0.4, -0.2) is 41.6 Å². The number of aromatic nitrogens is 1. The Hall–Kier alpha value is -2.71. The van der Waals surface area contributed by atoms with Crippen LogP contribution in [0.25, 0.3) is 6.08 Å². The number of para-hydroxylation sites is 1. The molecule has 0 aliphatic carbocycles. The molecule has 6 heteroatoms. The number of anilines is 1. The number of carbonyl (C=O) groups excluding carboxylic acids is 1. The highest BCUT2D eigenvalue weighted by atomic mass is 35.5. The average Bonchev–Trinajstić information content (AvgIpc) is 2.99. The molecule has 152 valence electrons. The SMILES string of the molecule is CCCn1c(C)cc(/C=C(\C#N)C(=O)N2CCN(c3ccccc3Cl)CC2)c1C. The van der Waals surface area contributed by atoms with E-state index in [1.807, 2.05) is 37.3 Å². The van der Waals surface area contributed by atoms with Gasteiger partial charge in [0.15, 0.2) is 0 Å². The predicted octanol–water partition coefficient (Wildman–Crippen LogP) is 4.42. The fourth-order valence-corrected chi connectivity index (χ4v) is 4.12. The fraction of sp³-hybridized carbons (Fsp3) is 0.391. The zero-order valence-corrected chi connectivity index (χ0v) is 18.0. The Balaban J connectivity index is 1.73. The Bertz CT molecular complexity index is 962. The van der Waals surface area contributed by atoms with Gasteiger partial charge in [-0.15, -0.1) is 0 Å². The van der Waals surface area contributed by atoms with E-state index in [0.29, 0.717) is 31.2 Å². The number of hydrogen-bond donors (Lipinski definition) is 0. The average molecular weight is 411 g/mol. The summed E-state index contributed by atoms with van der Waals surface area (Å²) < 4.78 is 2.23. The van der Waals surface area contributed by atoms with E-state index in [2.05, 4.69) is 29.4 Å². The van der Waals surface area contributed by atoms with E-state index in [9.17, 15) is 10.1 Å². The molecule has 0 radical (unpaired) electrons. The van der Waals surface area contributed by atoms with E-state index in [0.717, 1.165) is 35.6 Å². The van der Waals surface area contributed by atoms with E-state index in [1.54, 1.807) is 11.0 Å². The third-order valence-corrected chi connectivity index (χ3v) is 5.79. The van der Waals surface area contributed by atoms with E-state index in [4.69, 9.17) is 11.6 Å². The summed E-state index contributed by atoms with van der Waals surface area (Å²) in [6, 6.07) is 11.9. The van der Waals surface area contributed by atoms with Gasteiger partial charge >= 0.3 is 0 Å². The van der Waals surface area contributed by atoms with Crippen LogP contribution in [0.3, 0.4) is 0 Å². The molecule has 0 bridgehead atoms. The maximum absolute atomic E-state index is 13.0. The topological polar surface area (TPSA) is 52.3 Å². The predicted molar refractivity (Wildman–Crippen MR) is 118 cm³/mol. The Kier molecular flexibility index (Phi) is 6.66. The molecule has 3 rings (SSSR count). The standard InChI is InChI=1S/C23H27ClN4O/c1-4-9-28-17(2)14-19(18(28)3)15-20(16-25)23(29)27-12-10-26(11-13-27)22-8-6-5-7-21(22)24/h5-8,14-15H,4,9-13H2,1-3H3/b20-15+. The van der Waals surface area contributed by atoms with E-state index >= 15 is 0 Å². The van der Waals surface area contributed by atoms with Crippen LogP contribution < -0.4 is 4.90 Å². The van der Waals surface area contributed by atoms with Crippen LogP contribution in [0.1, 0.15) is 30.3 Å². The van der Waals surface area contributed by atoms with Crippen LogP contribution in [0.15, 0.2) is 35.9 Å². The molecule has 2 aromatic rings. The van der Waals surface area contributed by atoms with Crippen molar-refractivity contribution >= 4 is 29.3 Å². The van der Waals surface area contributed by atoms with Crippen molar-refractivity contribution in [1.29, 1.82) is 5.26 Å². The van der Waals surface area contributed by atoms with Crippen LogP contribution in [0.5, 0.6) is 0 Å². The molecule has 0 saturated carbocycles. The molecule has 1 aliphatic rings. The van der Waals surface area contributed by atoms with Crippen LogP contribution in [-0.2, 0) is 11.3 Å². The van der Waals surface area contributed by atoms with Crippen molar-refractivity contribution in [2.24, 2.45) is 0 Å². The van der Waals surface area contributed by atoms with Crippen LogP contribution in [0, 0.1) is 25.2 Å². The minimum atomic E-state index is -0.202. The molecule has 0 spiro atoms. The molecule has 0 atom stereocenters. The lowest BCUT2D eigenvalue weighted by Gasteiger charge is -2.36. The lowest BCUT2D eigenvalue weighted by Crippen LogP contribution is -2.49. The molecule has 0 unspecified atom stereocenters. The molecular formula is C23H27ClN4O. The van der Waals surface area contributed by atoms with Crippen molar-refractivity contribution in [3.05, 3.63) is 57.9 Å². The minimum absolute atomic E-state index is 0.188. The fourth-order valence-electron chi connectivity index (χ4n) is 3.87. The second kappa shape index (κ2) is 9.19. The van der Waals surface area contributed by atoms with Crippen molar-refractivity contribution < 1.29 is 4.79 Å². The third kappa shape index (κ3) is 4.49. The van der Waals surface area contributed by atoms with Gasteiger partial charge in [-0.25, -0.2) is 0 Å². The maximum atomic E-state index is 13.0. The normalized spacial score (nSPS) is 14.8. The summed E-state index contributed by atoms with van der Waals surface area (Å²) in [4.78, 5) is 16.9. The highest BCUT2D eigenvalue weighted by molar-refractivity contribution is 6.33. The summed E-state index contributed by atoms with van der Waals surface area (Å²) in [5, 5.41) is 10.3. The van der Waals surface area contributed by atoms with Gasteiger partial charge in [0.1, 0.15) is 11.6 Å². The lowest BCUT2D eigenvalue weighted by atomic mass is 10.1. The number of rotatable bonds is 5. The summed E-state index contributed by atoms with van der Waals surface area (Å²) in [5.41, 5.74) is 4.35. The van der Waals surface area contributed by atoms with Crippen molar-refractivity contribution in [3.63, 3.8) is 0 Å². The minimum Gasteiger partial charge on any atom is -0.367 e. The highest BCUT2D eigenvalue weighted by Gasteiger charge is 2.25. The number of aryl methyl sites for hydroxylation is 1. The largest absolute Gasteiger partial charge is 0.367 e. The Morgan fingerprint density at radius 2 is 1.90 bits per heavy atom. The van der Waals surface area contributed by atoms with Crippen molar-refractivity contribution in [1.82, 2.24) is 9.47 Å². The second-order valence-electron chi connectivity index (χ2n) is 7.38. The number of nitriles is 1. The van der Waals surface area contributed by atoms with Gasteiger partial charge in [-0.2, -0.15) is 5.26 Å². The molecule has 1 aliphatic heterocycles. The molecule has 2 heterocycles. The van der Waals surface area contributed by atoms with Crippen LogP contribution in [0.2, 0.25) is 5.02 Å². The lowest BCUT2D eigenvalue weighted by molar-refractivity contribution is -0.126. The number of carbonyl (C=O) groups is 1. The van der Waals surface area contributed by atoms with Gasteiger partial charge in [0.2, 0.25) is 0 Å². The molecule has 5 nitrogen and oxygen atoms in total. The first-order valence-electron chi connectivity index (χ1n) is 10.0. The number of hydrogen-bond acceptors (Lipinski definition) is 3. The Morgan fingerprint density at radius 1 is 1.21 bits per heavy atom. The smallest absolute Gasteiger partial charge is 0.264 e. The number of piperazine rings is 1. The quantitative estimate of drug-likeness (QED) is 0.541. The van der Waals surface area contributed by atoms with Crippen LogP contribution >= 0.6 is 11.6 Å². The summed E-state index contributed by atoms with van der Waals surface area (Å²) in [7, 11) is 0. The number of benzene rings is 1. The molecule has 1 amide bonds. The van der Waals surface area contributed by atoms with Gasteiger partial charge in [0.25, 0.3) is 5.91 Å². The van der Waals surface area contributed by atoms with Crippen molar-refractivity contribution in [2.75, 3.05) is 31.1 Å². The van der Waals surface area contributed by atoms with E-state index in [1.165, 1.54) is 0 Å². The first-order chi connectivity index (χ1) is 14.0. The molecule has 1 fully saturated rings. The van der Waals surface area contributed by atoms with Crippen molar-refractivity contribution in [3.8, 4) is 6.07 Å². The zero-order valence-electron chi connectivity index (χ0n) is 17.3. The van der Waals surface area contributed by atoms with Gasteiger partial charge < -0.3 is 14.4 Å². The molecule has 0 N–H and O–H groups in total. The number of nitrogens with zero attached hydrogens (tertiary/aromatic N) is 4. The van der Waals surface area contributed by atoms with Gasteiger partial charge in [-0.3, -0.25) is 4.79 Å². The Morgan fingerprint density at radius 3 is 2.52 bits per heavy atom. The summed E-state index contributed by atoms with van der Waals surface area (Å²) in [5.74, 6) is -0.202. The van der Waals surface area contributed by atoms with Crippen molar-refractivity contribution in [2.45, 2.75) is 33.7 Å². The Labute approximate surface area is 177 Å². The molecule has 29 heavy (non-hydrogen) atoms. The third-order valence-electron chi connectivity index (χ3n) is 5.47. The molecule has 1 aromatic carbocycles. The monoisotopic (exact) mass is 410 g/mol. The first kappa shape index (κ1) is 21.0. The molecular weight excluding hydrogens is 384 g/mol.